The van der Waals surface area contributed by atoms with Crippen LogP contribution in [-0.4, -0.2) is 39.0 Å². The van der Waals surface area contributed by atoms with E-state index in [4.69, 9.17) is 23.7 Å². The Morgan fingerprint density at radius 1 is 1.04 bits per heavy atom. The van der Waals surface area contributed by atoms with Gasteiger partial charge in [-0.1, -0.05) is 0 Å². The fourth-order valence-corrected chi connectivity index (χ4v) is 2.47. The van der Waals surface area contributed by atoms with Gasteiger partial charge in [0.1, 0.15) is 11.5 Å². The van der Waals surface area contributed by atoms with Crippen molar-refractivity contribution in [3.8, 4) is 23.0 Å². The average molecular weight is 387 g/mol. The zero-order chi connectivity index (χ0) is 19.8. The summed E-state index contributed by atoms with van der Waals surface area (Å²) in [5, 5.41) is 2.64. The molecule has 3 rings (SSSR count). The number of carbonyl (C=O) groups is 2. The van der Waals surface area contributed by atoms with Gasteiger partial charge in [-0.2, -0.15) is 0 Å². The van der Waals surface area contributed by atoms with Crippen molar-refractivity contribution >= 4 is 17.6 Å². The molecule has 148 valence electrons. The molecule has 0 bridgehead atoms. The van der Waals surface area contributed by atoms with E-state index in [0.29, 0.717) is 36.0 Å². The number of esters is 1. The SMILES string of the molecule is COc1ccc(OCCCC(=O)OCC(=O)Nc2ccc3c(c2)OCO3)cc1. The normalized spacial score (nSPS) is 11.6. The van der Waals surface area contributed by atoms with Crippen LogP contribution >= 0.6 is 0 Å². The minimum atomic E-state index is -0.459. The van der Waals surface area contributed by atoms with Crippen molar-refractivity contribution in [1.82, 2.24) is 0 Å². The number of hydrogen-bond acceptors (Lipinski definition) is 7. The number of fused-ring (bicyclic) bond motifs is 1. The number of hydrogen-bond donors (Lipinski definition) is 1. The number of amides is 1. The third kappa shape index (κ3) is 5.54. The highest BCUT2D eigenvalue weighted by molar-refractivity contribution is 5.93. The third-order valence-corrected chi connectivity index (χ3v) is 3.87. The summed E-state index contributed by atoms with van der Waals surface area (Å²) in [4.78, 5) is 23.6. The molecule has 0 unspecified atom stereocenters. The summed E-state index contributed by atoms with van der Waals surface area (Å²) >= 11 is 0. The van der Waals surface area contributed by atoms with Gasteiger partial charge in [-0.15, -0.1) is 0 Å². The number of nitrogens with one attached hydrogen (secondary N) is 1. The molecule has 1 aliphatic rings. The predicted octanol–water partition coefficient (Wildman–Crippen LogP) is 2.76. The summed E-state index contributed by atoms with van der Waals surface area (Å²) < 4.78 is 26.0. The number of carbonyl (C=O) groups excluding carboxylic acids is 2. The minimum absolute atomic E-state index is 0.159. The summed E-state index contributed by atoms with van der Waals surface area (Å²) in [5.41, 5.74) is 0.540. The Morgan fingerprint density at radius 3 is 2.57 bits per heavy atom. The second-order valence-corrected chi connectivity index (χ2v) is 5.90. The van der Waals surface area contributed by atoms with Crippen LogP contribution < -0.4 is 24.3 Å². The van der Waals surface area contributed by atoms with Crippen molar-refractivity contribution in [1.29, 1.82) is 0 Å². The van der Waals surface area contributed by atoms with Gasteiger partial charge in [-0.3, -0.25) is 9.59 Å². The Balaban J connectivity index is 1.30. The average Bonchev–Trinajstić information content (AvgIpc) is 3.18. The first-order valence-corrected chi connectivity index (χ1v) is 8.76. The summed E-state index contributed by atoms with van der Waals surface area (Å²) in [6.07, 6.45) is 0.641. The van der Waals surface area contributed by atoms with Gasteiger partial charge in [0.05, 0.1) is 13.7 Å². The molecule has 8 heteroatoms. The third-order valence-electron chi connectivity index (χ3n) is 3.87. The van der Waals surface area contributed by atoms with Crippen molar-refractivity contribution < 1.29 is 33.3 Å². The minimum Gasteiger partial charge on any atom is -0.497 e. The van der Waals surface area contributed by atoms with Gasteiger partial charge in [0.15, 0.2) is 18.1 Å². The molecule has 0 fully saturated rings. The maximum Gasteiger partial charge on any atom is 0.306 e. The monoisotopic (exact) mass is 387 g/mol. The Bertz CT molecular complexity index is 820. The van der Waals surface area contributed by atoms with E-state index in [1.807, 2.05) is 0 Å². The van der Waals surface area contributed by atoms with Crippen molar-refractivity contribution in [2.45, 2.75) is 12.8 Å². The van der Waals surface area contributed by atoms with E-state index in [9.17, 15) is 9.59 Å². The van der Waals surface area contributed by atoms with E-state index in [-0.39, 0.29) is 19.8 Å². The lowest BCUT2D eigenvalue weighted by atomic mass is 10.3. The molecule has 28 heavy (non-hydrogen) atoms. The number of methoxy groups -OCH3 is 1. The number of benzene rings is 2. The topological polar surface area (TPSA) is 92.3 Å². The second kappa shape index (κ2) is 9.50. The molecule has 0 aromatic heterocycles. The predicted molar refractivity (Wildman–Crippen MR) is 99.9 cm³/mol. The van der Waals surface area contributed by atoms with Crippen LogP contribution in [0.1, 0.15) is 12.8 Å². The molecular weight excluding hydrogens is 366 g/mol. The molecule has 2 aromatic rings. The number of rotatable bonds is 9. The molecule has 0 saturated heterocycles. The summed E-state index contributed by atoms with van der Waals surface area (Å²) in [6, 6.07) is 12.2. The quantitative estimate of drug-likeness (QED) is 0.522. The molecule has 0 radical (unpaired) electrons. The zero-order valence-corrected chi connectivity index (χ0v) is 15.4. The first kappa shape index (κ1) is 19.3. The van der Waals surface area contributed by atoms with E-state index in [2.05, 4.69) is 5.32 Å². The van der Waals surface area contributed by atoms with Crippen LogP contribution in [0.3, 0.4) is 0 Å². The van der Waals surface area contributed by atoms with E-state index in [1.54, 1.807) is 49.6 Å². The lowest BCUT2D eigenvalue weighted by Crippen LogP contribution is -2.21. The first-order valence-electron chi connectivity index (χ1n) is 8.76. The van der Waals surface area contributed by atoms with Crippen LogP contribution in [0.4, 0.5) is 5.69 Å². The van der Waals surface area contributed by atoms with Crippen molar-refractivity contribution in [2.24, 2.45) is 0 Å². The largest absolute Gasteiger partial charge is 0.497 e. The van der Waals surface area contributed by atoms with Gasteiger partial charge >= 0.3 is 5.97 Å². The highest BCUT2D eigenvalue weighted by Gasteiger charge is 2.14. The Hall–Kier alpha value is -3.42. The summed E-state index contributed by atoms with van der Waals surface area (Å²) in [7, 11) is 1.59. The van der Waals surface area contributed by atoms with E-state index in [0.717, 1.165) is 5.75 Å². The lowest BCUT2D eigenvalue weighted by Gasteiger charge is -2.08. The van der Waals surface area contributed by atoms with Crippen molar-refractivity contribution in [3.05, 3.63) is 42.5 Å². The fraction of sp³-hybridized carbons (Fsp3) is 0.300. The smallest absolute Gasteiger partial charge is 0.306 e. The maximum atomic E-state index is 11.9. The molecular formula is C20H21NO7. The molecule has 1 N–H and O–H groups in total. The number of ether oxygens (including phenoxy) is 5. The molecule has 1 heterocycles. The van der Waals surface area contributed by atoms with Gasteiger partial charge in [0.2, 0.25) is 6.79 Å². The van der Waals surface area contributed by atoms with Crippen LogP contribution in [-0.2, 0) is 14.3 Å². The zero-order valence-electron chi connectivity index (χ0n) is 15.4. The standard InChI is InChI=1S/C20H21NO7/c1-24-15-5-7-16(8-6-15)25-10-2-3-20(23)26-12-19(22)21-14-4-9-17-18(11-14)28-13-27-17/h4-9,11H,2-3,10,12-13H2,1H3,(H,21,22). The molecule has 0 spiro atoms. The molecule has 0 aliphatic carbocycles. The van der Waals surface area contributed by atoms with E-state index < -0.39 is 11.9 Å². The lowest BCUT2D eigenvalue weighted by molar-refractivity contribution is -0.147. The molecule has 0 saturated carbocycles. The van der Waals surface area contributed by atoms with Gasteiger partial charge in [0.25, 0.3) is 5.91 Å². The Kier molecular flexibility index (Phi) is 6.56. The van der Waals surface area contributed by atoms with Gasteiger partial charge in [-0.05, 0) is 42.8 Å². The maximum absolute atomic E-state index is 11.9. The first-order chi connectivity index (χ1) is 13.6. The van der Waals surface area contributed by atoms with Crippen LogP contribution in [0.2, 0.25) is 0 Å². The molecule has 1 amide bonds. The molecule has 2 aromatic carbocycles. The van der Waals surface area contributed by atoms with E-state index in [1.165, 1.54) is 0 Å². The highest BCUT2D eigenvalue weighted by Crippen LogP contribution is 2.34. The van der Waals surface area contributed by atoms with Crippen molar-refractivity contribution in [2.75, 3.05) is 32.4 Å². The fourth-order valence-electron chi connectivity index (χ4n) is 2.47. The van der Waals surface area contributed by atoms with Crippen LogP contribution in [0, 0.1) is 0 Å². The van der Waals surface area contributed by atoms with Gasteiger partial charge in [-0.25, -0.2) is 0 Å². The van der Waals surface area contributed by atoms with Crippen LogP contribution in [0.5, 0.6) is 23.0 Å². The summed E-state index contributed by atoms with van der Waals surface area (Å²) in [6.45, 7) is 0.171. The van der Waals surface area contributed by atoms with Crippen molar-refractivity contribution in [3.63, 3.8) is 0 Å². The molecule has 8 nitrogen and oxygen atoms in total. The Morgan fingerprint density at radius 2 is 1.79 bits per heavy atom. The molecule has 0 atom stereocenters. The highest BCUT2D eigenvalue weighted by atomic mass is 16.7. The van der Waals surface area contributed by atoms with Crippen LogP contribution in [0.25, 0.3) is 0 Å². The van der Waals surface area contributed by atoms with Gasteiger partial charge < -0.3 is 29.0 Å². The van der Waals surface area contributed by atoms with Gasteiger partial charge in [0, 0.05) is 18.2 Å². The Labute approximate surface area is 162 Å². The molecule has 1 aliphatic heterocycles. The second-order valence-electron chi connectivity index (χ2n) is 5.90. The number of anilines is 1. The summed E-state index contributed by atoms with van der Waals surface area (Å²) in [5.74, 6) is 1.74. The van der Waals surface area contributed by atoms with E-state index >= 15 is 0 Å². The van der Waals surface area contributed by atoms with Crippen LogP contribution in [0.15, 0.2) is 42.5 Å².